The average Bonchev–Trinajstić information content (AvgIpc) is 1.62. The van der Waals surface area contributed by atoms with Crippen molar-refractivity contribution in [2.75, 3.05) is 0 Å². The van der Waals surface area contributed by atoms with Crippen molar-refractivity contribution in [1.82, 2.24) is 0 Å². The molecular weight excluding hydrogens is 132 g/mol. The predicted molar refractivity (Wildman–Crippen MR) is 26.8 cm³/mol. The van der Waals surface area contributed by atoms with Gasteiger partial charge in [-0.25, -0.2) is 0 Å². The first-order valence-electron chi connectivity index (χ1n) is 1.62. The zero-order valence-electron chi connectivity index (χ0n) is 3.86. The Balaban J connectivity index is 4.53. The van der Waals surface area contributed by atoms with Crippen LogP contribution in [0.15, 0.2) is 12.7 Å². The molecule has 0 amide bonds. The molecule has 0 radical (unpaired) electrons. The molecule has 0 aliphatic carbocycles. The molecule has 0 spiro atoms. The fourth-order valence-corrected chi connectivity index (χ4v) is 0.316. The lowest BCUT2D eigenvalue weighted by atomic mass is 10.7. The van der Waals surface area contributed by atoms with Gasteiger partial charge in [0.2, 0.25) is 0 Å². The molecule has 0 aromatic rings. The van der Waals surface area contributed by atoms with Gasteiger partial charge in [0.15, 0.2) is 0 Å². The van der Waals surface area contributed by atoms with E-state index < -0.39 is 15.2 Å². The average molecular weight is 136 g/mol. The van der Waals surface area contributed by atoms with E-state index in [9.17, 15) is 13.2 Å². The molecule has 0 atom stereocenters. The number of hydrogen-bond acceptors (Lipinski definition) is 3. The van der Waals surface area contributed by atoms with Crippen LogP contribution < -0.4 is 0 Å². The van der Waals surface area contributed by atoms with Crippen LogP contribution in [0.2, 0.25) is 0 Å². The summed E-state index contributed by atoms with van der Waals surface area (Å²) in [7, 11) is -4.51. The molecule has 0 bridgehead atoms. The monoisotopic (exact) mass is 136 g/mol. The summed E-state index contributed by atoms with van der Waals surface area (Å²) in [5.74, 6) is 0. The summed E-state index contributed by atoms with van der Waals surface area (Å²) in [6.45, 7) is 2.84. The summed E-state index contributed by atoms with van der Waals surface area (Å²) in [5, 5.41) is -1.38. The van der Waals surface area contributed by atoms with Gasteiger partial charge in [0.25, 0.3) is 5.12 Å². The molecule has 0 heterocycles. The van der Waals surface area contributed by atoms with Gasteiger partial charge in [0, 0.05) is 0 Å². The molecule has 5 heteroatoms. The summed E-state index contributed by atoms with van der Waals surface area (Å²) >= 11 is 0. The zero-order chi connectivity index (χ0) is 6.78. The van der Waals surface area contributed by atoms with Crippen LogP contribution in [0.25, 0.3) is 0 Å². The van der Waals surface area contributed by atoms with Crippen molar-refractivity contribution in [3.05, 3.63) is 12.7 Å². The summed E-state index contributed by atoms with van der Waals surface area (Å²) in [6.07, 6.45) is 0.523. The Morgan fingerprint density at radius 3 is 2.00 bits per heavy atom. The zero-order valence-corrected chi connectivity index (χ0v) is 4.68. The maximum absolute atomic E-state index is 9.88. The Hall–Kier alpha value is -0.680. The number of carbonyl (C=O) groups excluding carboxylic acids is 1. The van der Waals surface area contributed by atoms with E-state index in [4.69, 9.17) is 4.55 Å². The molecule has 0 saturated heterocycles. The molecule has 0 aliphatic rings. The minimum absolute atomic E-state index is 0.523. The van der Waals surface area contributed by atoms with Crippen molar-refractivity contribution < 1.29 is 17.8 Å². The summed E-state index contributed by atoms with van der Waals surface area (Å²) < 4.78 is 27.2. The van der Waals surface area contributed by atoms with Gasteiger partial charge in [-0.05, 0) is 6.08 Å². The lowest BCUT2D eigenvalue weighted by molar-refractivity contribution is -0.108. The Morgan fingerprint density at radius 1 is 1.62 bits per heavy atom. The van der Waals surface area contributed by atoms with E-state index in [-0.39, 0.29) is 0 Å². The first kappa shape index (κ1) is 7.32. The Kier molecular flexibility index (Phi) is 1.88. The highest BCUT2D eigenvalue weighted by Crippen LogP contribution is 1.83. The topological polar surface area (TPSA) is 71.4 Å². The van der Waals surface area contributed by atoms with Crippen LogP contribution in [0, 0.1) is 0 Å². The fourth-order valence-electron chi connectivity index (χ4n) is 0.105. The van der Waals surface area contributed by atoms with Crippen LogP contribution in [-0.2, 0) is 14.9 Å². The standard InChI is InChI=1S/C3H4O4S/c1-2-3(4)8(5,6)7/h2H,1H2,(H,5,6,7). The van der Waals surface area contributed by atoms with Gasteiger partial charge in [-0.15, -0.1) is 0 Å². The van der Waals surface area contributed by atoms with Crippen LogP contribution >= 0.6 is 0 Å². The van der Waals surface area contributed by atoms with Crippen LogP contribution in [0.4, 0.5) is 0 Å². The lowest BCUT2D eigenvalue weighted by Gasteiger charge is -1.82. The van der Waals surface area contributed by atoms with Crippen molar-refractivity contribution >= 4 is 15.2 Å². The molecule has 8 heavy (non-hydrogen) atoms. The lowest BCUT2D eigenvalue weighted by Crippen LogP contribution is -2.08. The van der Waals surface area contributed by atoms with Gasteiger partial charge < -0.3 is 0 Å². The summed E-state index contributed by atoms with van der Waals surface area (Å²) in [4.78, 5) is 9.88. The number of hydrogen-bond donors (Lipinski definition) is 1. The first-order chi connectivity index (χ1) is 3.48. The van der Waals surface area contributed by atoms with Crippen LogP contribution in [0.3, 0.4) is 0 Å². The number of carbonyl (C=O) groups is 1. The fraction of sp³-hybridized carbons (Fsp3) is 0. The highest BCUT2D eigenvalue weighted by atomic mass is 32.2. The highest BCUT2D eigenvalue weighted by molar-refractivity contribution is 8.01. The van der Waals surface area contributed by atoms with Gasteiger partial charge in [0.1, 0.15) is 0 Å². The molecule has 0 aliphatic heterocycles. The Morgan fingerprint density at radius 2 is 2.00 bits per heavy atom. The van der Waals surface area contributed by atoms with Gasteiger partial charge in [-0.3, -0.25) is 9.35 Å². The highest BCUT2D eigenvalue weighted by Gasteiger charge is 2.11. The molecular formula is C3H4O4S. The van der Waals surface area contributed by atoms with Crippen molar-refractivity contribution in [1.29, 1.82) is 0 Å². The van der Waals surface area contributed by atoms with Crippen LogP contribution in [0.5, 0.6) is 0 Å². The third-order valence-corrected chi connectivity index (χ3v) is 1.10. The van der Waals surface area contributed by atoms with Crippen molar-refractivity contribution in [3.63, 3.8) is 0 Å². The SMILES string of the molecule is C=CC(=O)S(=O)(=O)O. The van der Waals surface area contributed by atoms with E-state index in [0.29, 0.717) is 6.08 Å². The van der Waals surface area contributed by atoms with Gasteiger partial charge in [0.05, 0.1) is 0 Å². The normalized spacial score (nSPS) is 10.6. The van der Waals surface area contributed by atoms with Gasteiger partial charge in [-0.2, -0.15) is 8.42 Å². The van der Waals surface area contributed by atoms with Gasteiger partial charge >= 0.3 is 10.1 Å². The molecule has 4 nitrogen and oxygen atoms in total. The molecule has 0 aromatic heterocycles. The molecule has 46 valence electrons. The van der Waals surface area contributed by atoms with E-state index >= 15 is 0 Å². The third-order valence-electron chi connectivity index (χ3n) is 0.421. The van der Waals surface area contributed by atoms with Crippen molar-refractivity contribution in [2.45, 2.75) is 0 Å². The Labute approximate surface area is 46.6 Å². The Bertz CT molecular complexity index is 199. The molecule has 0 rings (SSSR count). The largest absolute Gasteiger partial charge is 0.332 e. The summed E-state index contributed by atoms with van der Waals surface area (Å²) in [6, 6.07) is 0. The molecule has 0 fully saturated rings. The molecule has 0 saturated carbocycles. The quantitative estimate of drug-likeness (QED) is 0.393. The molecule has 0 aromatic carbocycles. The maximum Gasteiger partial charge on any atom is 0.332 e. The minimum Gasteiger partial charge on any atom is -0.279 e. The van der Waals surface area contributed by atoms with E-state index in [2.05, 4.69) is 6.58 Å². The van der Waals surface area contributed by atoms with E-state index in [1.54, 1.807) is 0 Å². The third kappa shape index (κ3) is 1.85. The molecule has 1 N–H and O–H groups in total. The van der Waals surface area contributed by atoms with Crippen molar-refractivity contribution in [3.8, 4) is 0 Å². The first-order valence-corrected chi connectivity index (χ1v) is 3.06. The van der Waals surface area contributed by atoms with Gasteiger partial charge in [-0.1, -0.05) is 6.58 Å². The van der Waals surface area contributed by atoms with E-state index in [1.807, 2.05) is 0 Å². The second-order valence-electron chi connectivity index (χ2n) is 0.998. The predicted octanol–water partition coefficient (Wildman–Crippen LogP) is -0.413. The second kappa shape index (κ2) is 2.06. The van der Waals surface area contributed by atoms with E-state index in [0.717, 1.165) is 0 Å². The maximum atomic E-state index is 9.88. The molecule has 0 unspecified atom stereocenters. The van der Waals surface area contributed by atoms with Crippen molar-refractivity contribution in [2.24, 2.45) is 0 Å². The smallest absolute Gasteiger partial charge is 0.279 e. The summed E-state index contributed by atoms with van der Waals surface area (Å²) in [5.41, 5.74) is 0. The minimum atomic E-state index is -4.51. The van der Waals surface area contributed by atoms with Crippen LogP contribution in [-0.4, -0.2) is 18.1 Å². The van der Waals surface area contributed by atoms with E-state index in [1.165, 1.54) is 0 Å². The second-order valence-corrected chi connectivity index (χ2v) is 2.35. The number of rotatable bonds is 1. The van der Waals surface area contributed by atoms with Crippen LogP contribution in [0.1, 0.15) is 0 Å².